The topological polar surface area (TPSA) is 64.7 Å². The highest BCUT2D eigenvalue weighted by Crippen LogP contribution is 2.25. The summed E-state index contributed by atoms with van der Waals surface area (Å²) in [6.07, 6.45) is 4.17. The van der Waals surface area contributed by atoms with Crippen LogP contribution in [0.2, 0.25) is 0 Å². The molecule has 2 aliphatic rings. The Morgan fingerprint density at radius 2 is 2.12 bits per heavy atom. The molecule has 1 saturated carbocycles. The minimum Gasteiger partial charge on any atom is -0.378 e. The largest absolute Gasteiger partial charge is 0.378 e. The molecule has 3 amide bonds. The Morgan fingerprint density at radius 1 is 1.33 bits per heavy atom. The first-order valence-corrected chi connectivity index (χ1v) is 8.64. The van der Waals surface area contributed by atoms with E-state index in [0.717, 1.165) is 36.9 Å². The molecule has 1 aliphatic heterocycles. The number of rotatable bonds is 3. The summed E-state index contributed by atoms with van der Waals surface area (Å²) in [5.74, 6) is -0.0529. The maximum atomic E-state index is 12.6. The molecule has 1 aliphatic carbocycles. The van der Waals surface area contributed by atoms with Crippen molar-refractivity contribution in [2.45, 2.75) is 44.3 Å². The molecular formula is C18H26N4O2. The molecule has 2 fully saturated rings. The van der Waals surface area contributed by atoms with Crippen LogP contribution >= 0.6 is 0 Å². The van der Waals surface area contributed by atoms with Crippen molar-refractivity contribution in [3.63, 3.8) is 0 Å². The molecule has 2 atom stereocenters. The van der Waals surface area contributed by atoms with Crippen molar-refractivity contribution in [2.75, 3.05) is 25.5 Å². The van der Waals surface area contributed by atoms with Gasteiger partial charge in [-0.25, -0.2) is 4.79 Å². The zero-order chi connectivity index (χ0) is 17.1. The van der Waals surface area contributed by atoms with Crippen LogP contribution in [-0.4, -0.2) is 49.6 Å². The third kappa shape index (κ3) is 3.63. The fraction of sp³-hybridized carbons (Fsp3) is 0.556. The number of piperazine rings is 1. The van der Waals surface area contributed by atoms with Gasteiger partial charge in [0.2, 0.25) is 5.91 Å². The maximum Gasteiger partial charge on any atom is 0.318 e. The molecule has 6 heteroatoms. The van der Waals surface area contributed by atoms with Crippen molar-refractivity contribution in [2.24, 2.45) is 0 Å². The lowest BCUT2D eigenvalue weighted by Gasteiger charge is -2.43. The normalized spacial score (nSPS) is 23.2. The molecule has 24 heavy (non-hydrogen) atoms. The standard InChI is InChI=1S/C18H26N4O2/c1-21(2)14-7-5-6-13(10-14)11-19-18(24)22-12-17(23)20-15-8-3-4-9-16(15)22/h5-7,10,15-16H,3-4,8-9,11-12H2,1-2H3,(H,19,24)(H,20,23)/t15-,16-/m1/s1. The molecule has 130 valence electrons. The van der Waals surface area contributed by atoms with Crippen LogP contribution in [0.4, 0.5) is 10.5 Å². The van der Waals surface area contributed by atoms with Crippen LogP contribution in [0.1, 0.15) is 31.2 Å². The monoisotopic (exact) mass is 330 g/mol. The predicted octanol–water partition coefficient (Wildman–Crippen LogP) is 1.71. The second kappa shape index (κ2) is 7.11. The highest BCUT2D eigenvalue weighted by Gasteiger charge is 2.38. The molecule has 1 aromatic carbocycles. The van der Waals surface area contributed by atoms with Gasteiger partial charge in [-0.2, -0.15) is 0 Å². The van der Waals surface area contributed by atoms with Gasteiger partial charge in [-0.05, 0) is 30.5 Å². The van der Waals surface area contributed by atoms with Gasteiger partial charge in [-0.1, -0.05) is 25.0 Å². The second-order valence-corrected chi connectivity index (χ2v) is 6.88. The van der Waals surface area contributed by atoms with Crippen molar-refractivity contribution < 1.29 is 9.59 Å². The van der Waals surface area contributed by atoms with Crippen LogP contribution in [0.3, 0.4) is 0 Å². The van der Waals surface area contributed by atoms with Gasteiger partial charge in [0.25, 0.3) is 0 Å². The molecule has 0 aromatic heterocycles. The van der Waals surface area contributed by atoms with E-state index in [0.29, 0.717) is 6.54 Å². The molecule has 6 nitrogen and oxygen atoms in total. The fourth-order valence-electron chi connectivity index (χ4n) is 3.62. The molecule has 0 radical (unpaired) electrons. The molecule has 0 bridgehead atoms. The van der Waals surface area contributed by atoms with E-state index >= 15 is 0 Å². The summed E-state index contributed by atoms with van der Waals surface area (Å²) in [7, 11) is 3.99. The van der Waals surface area contributed by atoms with Gasteiger partial charge in [0.05, 0.1) is 6.04 Å². The van der Waals surface area contributed by atoms with E-state index in [1.165, 1.54) is 0 Å². The summed E-state index contributed by atoms with van der Waals surface area (Å²) in [4.78, 5) is 28.3. The summed E-state index contributed by atoms with van der Waals surface area (Å²) in [6.45, 7) is 0.626. The highest BCUT2D eigenvalue weighted by atomic mass is 16.2. The molecule has 1 saturated heterocycles. The van der Waals surface area contributed by atoms with E-state index in [4.69, 9.17) is 0 Å². The Morgan fingerprint density at radius 3 is 2.92 bits per heavy atom. The number of benzene rings is 1. The molecular weight excluding hydrogens is 304 g/mol. The maximum absolute atomic E-state index is 12.6. The van der Waals surface area contributed by atoms with Gasteiger partial charge < -0.3 is 20.4 Å². The molecule has 3 rings (SSSR count). The van der Waals surface area contributed by atoms with Gasteiger partial charge >= 0.3 is 6.03 Å². The van der Waals surface area contributed by atoms with Crippen LogP contribution in [0.15, 0.2) is 24.3 Å². The first kappa shape index (κ1) is 16.6. The molecule has 2 N–H and O–H groups in total. The number of anilines is 1. The van der Waals surface area contributed by atoms with Crippen LogP contribution in [-0.2, 0) is 11.3 Å². The number of carbonyl (C=O) groups is 2. The number of amides is 3. The van der Waals surface area contributed by atoms with E-state index in [2.05, 4.69) is 16.7 Å². The quantitative estimate of drug-likeness (QED) is 0.887. The number of hydrogen-bond donors (Lipinski definition) is 2. The lowest BCUT2D eigenvalue weighted by molar-refractivity contribution is -0.126. The summed E-state index contributed by atoms with van der Waals surface area (Å²) >= 11 is 0. The van der Waals surface area contributed by atoms with Crippen molar-refractivity contribution in [1.82, 2.24) is 15.5 Å². The zero-order valence-corrected chi connectivity index (χ0v) is 14.4. The Bertz CT molecular complexity index is 617. The Balaban J connectivity index is 1.63. The van der Waals surface area contributed by atoms with Crippen molar-refractivity contribution in [3.8, 4) is 0 Å². The lowest BCUT2D eigenvalue weighted by atomic mass is 9.87. The van der Waals surface area contributed by atoms with Gasteiger partial charge in [-0.3, -0.25) is 4.79 Å². The highest BCUT2D eigenvalue weighted by molar-refractivity contribution is 5.86. The SMILES string of the molecule is CN(C)c1cccc(CNC(=O)N2CC(=O)N[C@@H]3CCCC[C@H]32)c1. The van der Waals surface area contributed by atoms with Crippen LogP contribution in [0.5, 0.6) is 0 Å². The lowest BCUT2D eigenvalue weighted by Crippen LogP contribution is -2.64. The van der Waals surface area contributed by atoms with Gasteiger partial charge in [-0.15, -0.1) is 0 Å². The Labute approximate surface area is 143 Å². The van der Waals surface area contributed by atoms with Crippen LogP contribution in [0.25, 0.3) is 0 Å². The fourth-order valence-corrected chi connectivity index (χ4v) is 3.62. The van der Waals surface area contributed by atoms with Crippen molar-refractivity contribution in [3.05, 3.63) is 29.8 Å². The van der Waals surface area contributed by atoms with E-state index in [1.54, 1.807) is 4.90 Å². The number of fused-ring (bicyclic) bond motifs is 1. The molecule has 1 aromatic rings. The minimum absolute atomic E-state index is 0.0529. The third-order valence-electron chi connectivity index (χ3n) is 4.92. The first-order valence-electron chi connectivity index (χ1n) is 8.64. The Kier molecular flexibility index (Phi) is 4.92. The van der Waals surface area contributed by atoms with E-state index in [-0.39, 0.29) is 30.6 Å². The first-order chi connectivity index (χ1) is 11.5. The van der Waals surface area contributed by atoms with Crippen LogP contribution < -0.4 is 15.5 Å². The molecule has 0 unspecified atom stereocenters. The minimum atomic E-state index is -0.142. The van der Waals surface area contributed by atoms with Crippen LogP contribution in [0, 0.1) is 0 Å². The molecule has 1 heterocycles. The van der Waals surface area contributed by atoms with E-state index < -0.39 is 0 Å². The number of urea groups is 1. The van der Waals surface area contributed by atoms with Gasteiger partial charge in [0.15, 0.2) is 0 Å². The molecule has 0 spiro atoms. The number of hydrogen-bond acceptors (Lipinski definition) is 3. The smallest absolute Gasteiger partial charge is 0.318 e. The van der Waals surface area contributed by atoms with Gasteiger partial charge in [0.1, 0.15) is 6.54 Å². The van der Waals surface area contributed by atoms with E-state index in [1.807, 2.05) is 37.2 Å². The number of carbonyl (C=O) groups excluding carboxylic acids is 2. The van der Waals surface area contributed by atoms with Crippen molar-refractivity contribution >= 4 is 17.6 Å². The number of nitrogens with zero attached hydrogens (tertiary/aromatic N) is 2. The van der Waals surface area contributed by atoms with Gasteiger partial charge in [0, 0.05) is 32.4 Å². The van der Waals surface area contributed by atoms with E-state index in [9.17, 15) is 9.59 Å². The predicted molar refractivity (Wildman–Crippen MR) is 93.9 cm³/mol. The Hall–Kier alpha value is -2.24. The van der Waals surface area contributed by atoms with Crippen molar-refractivity contribution in [1.29, 1.82) is 0 Å². The summed E-state index contributed by atoms with van der Waals surface area (Å²) in [5, 5.41) is 6.01. The summed E-state index contributed by atoms with van der Waals surface area (Å²) in [6, 6.07) is 8.19. The summed E-state index contributed by atoms with van der Waals surface area (Å²) < 4.78 is 0. The third-order valence-corrected chi connectivity index (χ3v) is 4.92. The number of nitrogens with one attached hydrogen (secondary N) is 2. The zero-order valence-electron chi connectivity index (χ0n) is 14.4. The average molecular weight is 330 g/mol. The summed E-state index contributed by atoms with van der Waals surface area (Å²) in [5.41, 5.74) is 2.16. The average Bonchev–Trinajstić information content (AvgIpc) is 2.59. The second-order valence-electron chi connectivity index (χ2n) is 6.88.